The van der Waals surface area contributed by atoms with Gasteiger partial charge in [0, 0.05) is 6.54 Å². The summed E-state index contributed by atoms with van der Waals surface area (Å²) in [6.07, 6.45) is 2.83. The third-order valence-corrected chi connectivity index (χ3v) is 8.20. The predicted molar refractivity (Wildman–Crippen MR) is 127 cm³/mol. The molecule has 8 nitrogen and oxygen atoms in total. The Hall–Kier alpha value is -2.42. The van der Waals surface area contributed by atoms with Crippen LogP contribution in [0.4, 0.5) is 5.69 Å². The number of nitrogens with zero attached hydrogens (tertiary/aromatic N) is 2. The summed E-state index contributed by atoms with van der Waals surface area (Å²) in [6.45, 7) is 8.88. The van der Waals surface area contributed by atoms with Crippen molar-refractivity contribution in [3.05, 3.63) is 41.4 Å². The van der Waals surface area contributed by atoms with Crippen molar-refractivity contribution in [3.63, 3.8) is 0 Å². The first-order valence-electron chi connectivity index (χ1n) is 11.6. The van der Waals surface area contributed by atoms with Crippen molar-refractivity contribution < 1.29 is 29.3 Å². The lowest BCUT2D eigenvalue weighted by Gasteiger charge is -2.39. The minimum Gasteiger partial charge on any atom is -0.481 e. The summed E-state index contributed by atoms with van der Waals surface area (Å²) in [7, 11) is 0. The van der Waals surface area contributed by atoms with Gasteiger partial charge in [0.25, 0.3) is 5.91 Å². The maximum absolute atomic E-state index is 14.3. The van der Waals surface area contributed by atoms with Crippen LogP contribution in [0.3, 0.4) is 0 Å². The number of amides is 2. The van der Waals surface area contributed by atoms with Crippen molar-refractivity contribution in [2.75, 3.05) is 18.1 Å². The lowest BCUT2D eigenvalue weighted by atomic mass is 9.65. The lowest BCUT2D eigenvalue weighted by molar-refractivity contribution is -0.157. The summed E-state index contributed by atoms with van der Waals surface area (Å²) in [5.41, 5.74) is -1.01. The van der Waals surface area contributed by atoms with Crippen LogP contribution >= 0.6 is 11.6 Å². The van der Waals surface area contributed by atoms with Gasteiger partial charge >= 0.3 is 5.97 Å². The van der Waals surface area contributed by atoms with Crippen LogP contribution in [0.15, 0.2) is 30.9 Å². The Morgan fingerprint density at radius 1 is 1.41 bits per heavy atom. The number of aliphatic carboxylic acids is 1. The molecule has 34 heavy (non-hydrogen) atoms. The molecule has 0 aromatic heterocycles. The predicted octanol–water partition coefficient (Wildman–Crippen LogP) is 2.79. The molecule has 6 atom stereocenters. The van der Waals surface area contributed by atoms with Crippen molar-refractivity contribution in [1.82, 2.24) is 4.90 Å². The van der Waals surface area contributed by atoms with Crippen molar-refractivity contribution in [1.29, 1.82) is 0 Å². The second kappa shape index (κ2) is 8.66. The minimum absolute atomic E-state index is 0.136. The highest BCUT2D eigenvalue weighted by atomic mass is 35.5. The number of ether oxygens (including phenoxy) is 1. The smallest absolute Gasteiger partial charge is 0.310 e. The van der Waals surface area contributed by atoms with Gasteiger partial charge in [0.15, 0.2) is 0 Å². The first kappa shape index (κ1) is 24.7. The number of likely N-dealkylation sites (tertiary alicyclic amines) is 1. The maximum atomic E-state index is 14.3. The number of aryl methyl sites for hydroxylation is 1. The molecule has 1 aromatic rings. The molecule has 2 N–H and O–H groups in total. The number of carbonyl (C=O) groups is 3. The van der Waals surface area contributed by atoms with E-state index < -0.39 is 52.9 Å². The number of anilines is 1. The number of halogens is 1. The fraction of sp³-hybridized carbons (Fsp3) is 0.560. The molecule has 184 valence electrons. The van der Waals surface area contributed by atoms with Crippen molar-refractivity contribution in [2.45, 2.75) is 63.3 Å². The molecule has 0 saturated carbocycles. The second-order valence-corrected chi connectivity index (χ2v) is 10.00. The number of hydrogen-bond donors (Lipinski definition) is 2. The molecule has 2 amide bonds. The Kier molecular flexibility index (Phi) is 6.29. The second-order valence-electron chi connectivity index (χ2n) is 9.59. The van der Waals surface area contributed by atoms with Gasteiger partial charge in [0.1, 0.15) is 17.6 Å². The Morgan fingerprint density at radius 2 is 2.12 bits per heavy atom. The molecular formula is C25H31ClN2O6. The Morgan fingerprint density at radius 3 is 2.68 bits per heavy atom. The topological polar surface area (TPSA) is 107 Å². The fourth-order valence-electron chi connectivity index (χ4n) is 6.41. The van der Waals surface area contributed by atoms with Crippen LogP contribution in [0.25, 0.3) is 0 Å². The van der Waals surface area contributed by atoms with E-state index in [9.17, 15) is 24.6 Å². The van der Waals surface area contributed by atoms with Gasteiger partial charge in [-0.1, -0.05) is 36.7 Å². The number of para-hydroxylation sites is 1. The van der Waals surface area contributed by atoms with Crippen molar-refractivity contribution >= 4 is 35.1 Å². The van der Waals surface area contributed by atoms with E-state index in [0.29, 0.717) is 30.0 Å². The summed E-state index contributed by atoms with van der Waals surface area (Å²) in [6, 6.07) is 3.51. The minimum atomic E-state index is -1.29. The van der Waals surface area contributed by atoms with Crippen LogP contribution in [0.1, 0.15) is 38.7 Å². The Balaban J connectivity index is 1.89. The summed E-state index contributed by atoms with van der Waals surface area (Å²) in [4.78, 5) is 43.3. The van der Waals surface area contributed by atoms with Crippen LogP contribution in [0.5, 0.6) is 0 Å². The molecular weight excluding hydrogens is 460 g/mol. The van der Waals surface area contributed by atoms with Gasteiger partial charge in [-0.05, 0) is 44.7 Å². The van der Waals surface area contributed by atoms with Gasteiger partial charge in [-0.3, -0.25) is 14.4 Å². The number of fused-ring (bicyclic) bond motifs is 1. The SMILES string of the molecule is C=CCN(C(=O)C1N([C@H](C)CO)C(=O)[C@@H]2[C@H](C(=O)O)[C@]3(CC)CCC12O3)c1c(C)cccc1Cl. The van der Waals surface area contributed by atoms with E-state index in [-0.39, 0.29) is 13.2 Å². The highest BCUT2D eigenvalue weighted by molar-refractivity contribution is 6.34. The van der Waals surface area contributed by atoms with Crippen LogP contribution in [-0.2, 0) is 19.1 Å². The zero-order chi connectivity index (χ0) is 25.0. The number of carboxylic acid groups (broad SMARTS) is 1. The Bertz CT molecular complexity index is 1030. The van der Waals surface area contributed by atoms with Gasteiger partial charge in [-0.15, -0.1) is 6.58 Å². The van der Waals surface area contributed by atoms with Crippen LogP contribution in [0, 0.1) is 18.8 Å². The molecule has 0 aliphatic carbocycles. The van der Waals surface area contributed by atoms with Gasteiger partial charge < -0.3 is 24.7 Å². The third kappa shape index (κ3) is 3.22. The van der Waals surface area contributed by atoms with E-state index in [1.165, 1.54) is 9.80 Å². The van der Waals surface area contributed by atoms with Crippen molar-refractivity contribution in [3.8, 4) is 0 Å². The van der Waals surface area contributed by atoms with Crippen LogP contribution in [0.2, 0.25) is 5.02 Å². The number of hydrogen-bond acceptors (Lipinski definition) is 5. The van der Waals surface area contributed by atoms with E-state index in [0.717, 1.165) is 5.56 Å². The van der Waals surface area contributed by atoms with Gasteiger partial charge in [-0.2, -0.15) is 0 Å². The number of benzene rings is 1. The molecule has 2 bridgehead atoms. The molecule has 2 unspecified atom stereocenters. The normalized spacial score (nSPS) is 32.6. The van der Waals surface area contributed by atoms with E-state index in [1.54, 1.807) is 25.1 Å². The van der Waals surface area contributed by atoms with Gasteiger partial charge in [-0.25, -0.2) is 0 Å². The first-order chi connectivity index (χ1) is 16.1. The summed E-state index contributed by atoms with van der Waals surface area (Å²) in [5.74, 6) is -4.04. The number of carboxylic acids is 1. The Labute approximate surface area is 204 Å². The quantitative estimate of drug-likeness (QED) is 0.542. The van der Waals surface area contributed by atoms with E-state index in [2.05, 4.69) is 6.58 Å². The molecule has 0 radical (unpaired) electrons. The number of carbonyl (C=O) groups excluding carboxylic acids is 2. The largest absolute Gasteiger partial charge is 0.481 e. The fourth-order valence-corrected chi connectivity index (χ4v) is 6.73. The van der Waals surface area contributed by atoms with Crippen molar-refractivity contribution in [2.24, 2.45) is 11.8 Å². The zero-order valence-corrected chi connectivity index (χ0v) is 20.4. The number of aliphatic hydroxyl groups excluding tert-OH is 1. The molecule has 3 heterocycles. The molecule has 3 aliphatic rings. The van der Waals surface area contributed by atoms with E-state index in [4.69, 9.17) is 16.3 Å². The standard InChI is InChI=1S/C25H31ClN2O6/c1-5-12-27(19-14(3)8-7-9-16(19)26)22(31)20-25-11-10-24(6-2,34-25)18(23(32)33)17(25)21(30)28(20)15(4)13-29/h5,7-9,15,17-18,20,29H,1,6,10-13H2,2-4H3,(H,32,33)/t15-,17+,18-,20?,24+,25?/m1/s1. The van der Waals surface area contributed by atoms with Gasteiger partial charge in [0.05, 0.1) is 34.9 Å². The number of aliphatic hydroxyl groups is 1. The van der Waals surface area contributed by atoms with E-state index >= 15 is 0 Å². The van der Waals surface area contributed by atoms with Gasteiger partial charge in [0.2, 0.25) is 5.91 Å². The molecule has 9 heteroatoms. The monoisotopic (exact) mass is 490 g/mol. The molecule has 1 aromatic carbocycles. The highest BCUT2D eigenvalue weighted by Gasteiger charge is 2.79. The zero-order valence-electron chi connectivity index (χ0n) is 19.7. The highest BCUT2D eigenvalue weighted by Crippen LogP contribution is 2.64. The maximum Gasteiger partial charge on any atom is 0.310 e. The molecule has 3 saturated heterocycles. The molecule has 1 spiro atoms. The number of rotatable bonds is 8. The summed E-state index contributed by atoms with van der Waals surface area (Å²) >= 11 is 6.51. The average molecular weight is 491 g/mol. The molecule has 3 aliphatic heterocycles. The molecule has 3 fully saturated rings. The third-order valence-electron chi connectivity index (χ3n) is 7.89. The lowest BCUT2D eigenvalue weighted by Crippen LogP contribution is -2.58. The first-order valence-corrected chi connectivity index (χ1v) is 12.0. The summed E-state index contributed by atoms with van der Waals surface area (Å²) < 4.78 is 6.52. The molecule has 4 rings (SSSR count). The summed E-state index contributed by atoms with van der Waals surface area (Å²) in [5, 5.41) is 20.4. The average Bonchev–Trinajstić information content (AvgIpc) is 3.41. The van der Waals surface area contributed by atoms with Crippen LogP contribution in [-0.4, -0.2) is 69.3 Å². The van der Waals surface area contributed by atoms with Crippen LogP contribution < -0.4 is 4.90 Å². The van der Waals surface area contributed by atoms with E-state index in [1.807, 2.05) is 19.9 Å².